The molecule has 2 heterocycles. The van der Waals surface area contributed by atoms with Gasteiger partial charge in [-0.2, -0.15) is 4.31 Å². The molecule has 0 spiro atoms. The fourth-order valence-corrected chi connectivity index (χ4v) is 5.33. The summed E-state index contributed by atoms with van der Waals surface area (Å²) in [7, 11) is -3.71. The summed E-state index contributed by atoms with van der Waals surface area (Å²) in [6, 6.07) is 4.71. The molecule has 0 saturated carbocycles. The van der Waals surface area contributed by atoms with Crippen molar-refractivity contribution in [2.24, 2.45) is 0 Å². The van der Waals surface area contributed by atoms with Crippen LogP contribution in [0.15, 0.2) is 23.1 Å². The van der Waals surface area contributed by atoms with Crippen molar-refractivity contribution in [3.8, 4) is 5.75 Å². The maximum atomic E-state index is 13.2. The first kappa shape index (κ1) is 23.0. The Kier molecular flexibility index (Phi) is 8.10. The minimum Gasteiger partial charge on any atom is -0.492 e. The lowest BCUT2D eigenvalue weighted by Crippen LogP contribution is -2.36. The molecule has 2 fully saturated rings. The minimum atomic E-state index is -3.71. The van der Waals surface area contributed by atoms with Gasteiger partial charge in [0, 0.05) is 25.4 Å². The second-order valence-corrected chi connectivity index (χ2v) is 9.57. The van der Waals surface area contributed by atoms with Crippen LogP contribution in [-0.2, 0) is 24.3 Å². The Morgan fingerprint density at radius 1 is 1.27 bits per heavy atom. The number of anilines is 1. The molecule has 1 aromatic carbocycles. The van der Waals surface area contributed by atoms with Crippen molar-refractivity contribution in [1.82, 2.24) is 4.31 Å². The van der Waals surface area contributed by atoms with Gasteiger partial charge in [-0.1, -0.05) is 6.42 Å². The summed E-state index contributed by atoms with van der Waals surface area (Å²) in [6.45, 7) is 5.92. The van der Waals surface area contributed by atoms with Gasteiger partial charge in [-0.15, -0.1) is 0 Å². The first-order valence-electron chi connectivity index (χ1n) is 10.7. The van der Waals surface area contributed by atoms with E-state index in [0.717, 1.165) is 38.7 Å². The van der Waals surface area contributed by atoms with E-state index in [9.17, 15) is 13.2 Å². The summed E-state index contributed by atoms with van der Waals surface area (Å²) in [6.07, 6.45) is 4.03. The highest BCUT2D eigenvalue weighted by molar-refractivity contribution is 7.89. The van der Waals surface area contributed by atoms with Gasteiger partial charge in [-0.25, -0.2) is 8.42 Å². The Balaban J connectivity index is 1.72. The number of carbonyl (C=O) groups excluding carboxylic acids is 1. The van der Waals surface area contributed by atoms with Gasteiger partial charge in [0.2, 0.25) is 10.0 Å². The minimum absolute atomic E-state index is 0.0343. The normalized spacial score (nSPS) is 21.3. The van der Waals surface area contributed by atoms with Crippen LogP contribution in [0.4, 0.5) is 5.69 Å². The molecule has 1 N–H and O–H groups in total. The predicted molar refractivity (Wildman–Crippen MR) is 113 cm³/mol. The van der Waals surface area contributed by atoms with E-state index < -0.39 is 16.1 Å². The Bertz CT molecular complexity index is 817. The van der Waals surface area contributed by atoms with Crippen LogP contribution in [0.3, 0.4) is 0 Å². The Hall–Kier alpha value is -1.68. The molecule has 168 valence electrons. The lowest BCUT2D eigenvalue weighted by Gasteiger charge is -2.27. The van der Waals surface area contributed by atoms with E-state index in [1.807, 2.05) is 0 Å². The zero-order valence-corrected chi connectivity index (χ0v) is 18.6. The third kappa shape index (κ3) is 5.72. The molecule has 0 aliphatic carbocycles. The molecule has 2 aliphatic rings. The average molecular weight is 441 g/mol. The lowest BCUT2D eigenvalue weighted by molar-refractivity contribution is -0.128. The van der Waals surface area contributed by atoms with E-state index in [1.54, 1.807) is 26.0 Å². The summed E-state index contributed by atoms with van der Waals surface area (Å²) in [5, 5.41) is 2.76. The van der Waals surface area contributed by atoms with Crippen molar-refractivity contribution < 1.29 is 27.4 Å². The van der Waals surface area contributed by atoms with Crippen LogP contribution in [0.5, 0.6) is 5.75 Å². The molecule has 0 aromatic heterocycles. The number of hydrogen-bond donors (Lipinski definition) is 1. The molecule has 8 nitrogen and oxygen atoms in total. The molecule has 0 radical (unpaired) electrons. The number of amides is 1. The molecular weight excluding hydrogens is 408 g/mol. The van der Waals surface area contributed by atoms with Crippen molar-refractivity contribution in [1.29, 1.82) is 0 Å². The maximum Gasteiger partial charge on any atom is 0.253 e. The van der Waals surface area contributed by atoms with E-state index in [-0.39, 0.29) is 16.9 Å². The summed E-state index contributed by atoms with van der Waals surface area (Å²) < 4.78 is 44.6. The largest absolute Gasteiger partial charge is 0.492 e. The van der Waals surface area contributed by atoms with Crippen LogP contribution < -0.4 is 10.1 Å². The fourth-order valence-electron chi connectivity index (χ4n) is 3.65. The van der Waals surface area contributed by atoms with Gasteiger partial charge >= 0.3 is 0 Å². The third-order valence-electron chi connectivity index (χ3n) is 5.37. The van der Waals surface area contributed by atoms with Gasteiger partial charge in [-0.3, -0.25) is 4.79 Å². The monoisotopic (exact) mass is 440 g/mol. The molecule has 30 heavy (non-hydrogen) atoms. The van der Waals surface area contributed by atoms with Gasteiger partial charge < -0.3 is 19.5 Å². The molecule has 2 unspecified atom stereocenters. The SMILES string of the molecule is CCOc1ccc(NC(=O)C(C)OCC2CCCO2)cc1S(=O)(=O)N1CCCCC1. The number of sulfonamides is 1. The molecule has 2 atom stereocenters. The number of benzene rings is 1. The Morgan fingerprint density at radius 2 is 2.03 bits per heavy atom. The van der Waals surface area contributed by atoms with E-state index in [0.29, 0.717) is 37.7 Å². The van der Waals surface area contributed by atoms with Crippen molar-refractivity contribution in [2.45, 2.75) is 63.1 Å². The van der Waals surface area contributed by atoms with Crippen LogP contribution in [0.2, 0.25) is 0 Å². The van der Waals surface area contributed by atoms with Crippen molar-refractivity contribution in [2.75, 3.05) is 38.2 Å². The summed E-state index contributed by atoms with van der Waals surface area (Å²) in [5.41, 5.74) is 0.395. The van der Waals surface area contributed by atoms with Gasteiger partial charge in [0.1, 0.15) is 16.7 Å². The van der Waals surface area contributed by atoms with Gasteiger partial charge in [0.15, 0.2) is 0 Å². The first-order valence-corrected chi connectivity index (χ1v) is 12.2. The average Bonchev–Trinajstić information content (AvgIpc) is 3.27. The van der Waals surface area contributed by atoms with E-state index >= 15 is 0 Å². The molecule has 2 aliphatic heterocycles. The Morgan fingerprint density at radius 3 is 2.70 bits per heavy atom. The van der Waals surface area contributed by atoms with E-state index in [2.05, 4.69) is 5.32 Å². The van der Waals surface area contributed by atoms with Gasteiger partial charge in [-0.05, 0) is 57.7 Å². The molecule has 1 aromatic rings. The van der Waals surface area contributed by atoms with Crippen LogP contribution in [0.25, 0.3) is 0 Å². The Labute approximate surface area is 178 Å². The fraction of sp³-hybridized carbons (Fsp3) is 0.667. The second kappa shape index (κ2) is 10.6. The summed E-state index contributed by atoms with van der Waals surface area (Å²) in [4.78, 5) is 12.6. The molecule has 0 bridgehead atoms. The topological polar surface area (TPSA) is 94.2 Å². The number of nitrogens with zero attached hydrogens (tertiary/aromatic N) is 1. The van der Waals surface area contributed by atoms with Crippen LogP contribution >= 0.6 is 0 Å². The third-order valence-corrected chi connectivity index (χ3v) is 7.29. The van der Waals surface area contributed by atoms with E-state index in [4.69, 9.17) is 14.2 Å². The van der Waals surface area contributed by atoms with Gasteiger partial charge in [0.25, 0.3) is 5.91 Å². The highest BCUT2D eigenvalue weighted by Crippen LogP contribution is 2.31. The number of piperidine rings is 1. The highest BCUT2D eigenvalue weighted by Gasteiger charge is 2.29. The number of hydrogen-bond acceptors (Lipinski definition) is 6. The smallest absolute Gasteiger partial charge is 0.253 e. The number of carbonyl (C=O) groups is 1. The maximum absolute atomic E-state index is 13.2. The van der Waals surface area contributed by atoms with Crippen molar-refractivity contribution in [3.63, 3.8) is 0 Å². The molecular formula is C21H32N2O6S. The van der Waals surface area contributed by atoms with E-state index in [1.165, 1.54) is 10.4 Å². The standard InChI is InChI=1S/C21H32N2O6S/c1-3-27-19-10-9-17(14-20(19)30(25,26)23-11-5-4-6-12-23)22-21(24)16(2)29-15-18-8-7-13-28-18/h9-10,14,16,18H,3-8,11-13,15H2,1-2H3,(H,22,24). The van der Waals surface area contributed by atoms with Crippen LogP contribution in [0.1, 0.15) is 46.0 Å². The molecule has 9 heteroatoms. The number of rotatable bonds is 9. The lowest BCUT2D eigenvalue weighted by atomic mass is 10.2. The number of ether oxygens (including phenoxy) is 3. The second-order valence-electron chi connectivity index (χ2n) is 7.66. The van der Waals surface area contributed by atoms with Crippen molar-refractivity contribution >= 4 is 21.6 Å². The quantitative estimate of drug-likeness (QED) is 0.635. The molecule has 1 amide bonds. The van der Waals surface area contributed by atoms with Crippen LogP contribution in [0, 0.1) is 0 Å². The van der Waals surface area contributed by atoms with Crippen LogP contribution in [-0.4, -0.2) is 63.7 Å². The molecule has 2 saturated heterocycles. The number of nitrogens with one attached hydrogen (secondary N) is 1. The first-order chi connectivity index (χ1) is 14.4. The summed E-state index contributed by atoms with van der Waals surface area (Å²) >= 11 is 0. The summed E-state index contributed by atoms with van der Waals surface area (Å²) in [5.74, 6) is -0.0396. The zero-order valence-electron chi connectivity index (χ0n) is 17.8. The van der Waals surface area contributed by atoms with Crippen molar-refractivity contribution in [3.05, 3.63) is 18.2 Å². The molecule has 3 rings (SSSR count). The zero-order chi connectivity index (χ0) is 21.6. The predicted octanol–water partition coefficient (Wildman–Crippen LogP) is 2.78. The van der Waals surface area contributed by atoms with Gasteiger partial charge in [0.05, 0.1) is 19.3 Å². The highest BCUT2D eigenvalue weighted by atomic mass is 32.2.